The summed E-state index contributed by atoms with van der Waals surface area (Å²) in [6.07, 6.45) is 0. The molecule has 0 amide bonds. The molecule has 1 aromatic heterocycles. The Labute approximate surface area is 135 Å². The van der Waals surface area contributed by atoms with Gasteiger partial charge in [0.05, 0.1) is 16.8 Å². The lowest BCUT2D eigenvalue weighted by Crippen LogP contribution is -2.11. The van der Waals surface area contributed by atoms with Crippen molar-refractivity contribution in [2.45, 2.75) is 10.9 Å². The van der Waals surface area contributed by atoms with E-state index in [1.165, 1.54) is 22.8 Å². The molecule has 0 fully saturated rings. The van der Waals surface area contributed by atoms with Crippen LogP contribution in [0, 0.1) is 5.82 Å². The van der Waals surface area contributed by atoms with Gasteiger partial charge in [0.25, 0.3) is 0 Å². The fourth-order valence-corrected chi connectivity index (χ4v) is 4.07. The van der Waals surface area contributed by atoms with Gasteiger partial charge in [-0.25, -0.2) is 17.8 Å². The number of hydrogen-bond donors (Lipinski definition) is 0. The summed E-state index contributed by atoms with van der Waals surface area (Å²) in [5, 5.41) is -0.0592. The predicted octanol–water partition coefficient (Wildman–Crippen LogP) is 3.45. The summed E-state index contributed by atoms with van der Waals surface area (Å²) in [5.74, 6) is -0.595. The van der Waals surface area contributed by atoms with Crippen LogP contribution in [-0.4, -0.2) is 18.0 Å². The van der Waals surface area contributed by atoms with Crippen LogP contribution in [0.5, 0.6) is 0 Å². The molecule has 0 aliphatic rings. The first-order chi connectivity index (χ1) is 10.4. The van der Waals surface area contributed by atoms with E-state index >= 15 is 0 Å². The minimum atomic E-state index is -3.62. The first kappa shape index (κ1) is 15.2. The Hall–Kier alpha value is -1.73. The highest BCUT2D eigenvalue weighted by atomic mass is 79.9. The van der Waals surface area contributed by atoms with Crippen LogP contribution >= 0.6 is 15.9 Å². The number of aromatic nitrogens is 2. The van der Waals surface area contributed by atoms with Crippen LogP contribution in [0.1, 0.15) is 5.56 Å². The number of rotatable bonds is 3. The summed E-state index contributed by atoms with van der Waals surface area (Å²) < 4.78 is 40.8. The second-order valence-corrected chi connectivity index (χ2v) is 7.77. The molecule has 0 radical (unpaired) electrons. The van der Waals surface area contributed by atoms with E-state index in [0.717, 1.165) is 4.47 Å². The lowest BCUT2D eigenvalue weighted by Gasteiger charge is -2.05. The largest absolute Gasteiger partial charge is 0.318 e. The second kappa shape index (κ2) is 5.48. The third-order valence-electron chi connectivity index (χ3n) is 3.35. The molecule has 22 heavy (non-hydrogen) atoms. The second-order valence-electron chi connectivity index (χ2n) is 4.97. The third-order valence-corrected chi connectivity index (χ3v) is 5.51. The number of benzene rings is 2. The normalized spacial score (nSPS) is 12.0. The van der Waals surface area contributed by atoms with E-state index in [4.69, 9.17) is 0 Å². The minimum Gasteiger partial charge on any atom is -0.318 e. The van der Waals surface area contributed by atoms with Gasteiger partial charge in [0.1, 0.15) is 5.82 Å². The van der Waals surface area contributed by atoms with Gasteiger partial charge in [0.2, 0.25) is 15.0 Å². The number of nitrogens with zero attached hydrogens (tertiary/aromatic N) is 2. The van der Waals surface area contributed by atoms with Crippen molar-refractivity contribution in [3.8, 4) is 0 Å². The summed E-state index contributed by atoms with van der Waals surface area (Å²) in [6, 6.07) is 11.1. The quantitative estimate of drug-likeness (QED) is 0.696. The molecule has 0 aliphatic heterocycles. The van der Waals surface area contributed by atoms with Crippen molar-refractivity contribution >= 4 is 36.8 Å². The number of halogens is 2. The van der Waals surface area contributed by atoms with Crippen LogP contribution in [-0.2, 0) is 22.6 Å². The minimum absolute atomic E-state index is 0.0592. The first-order valence-electron chi connectivity index (χ1n) is 6.46. The Balaban J connectivity index is 2.05. The van der Waals surface area contributed by atoms with Crippen molar-refractivity contribution in [2.24, 2.45) is 7.05 Å². The van der Waals surface area contributed by atoms with Gasteiger partial charge in [0, 0.05) is 17.6 Å². The molecule has 0 saturated carbocycles. The number of fused-ring (bicyclic) bond motifs is 1. The molecule has 2 aromatic carbocycles. The van der Waals surface area contributed by atoms with Crippen LogP contribution in [0.15, 0.2) is 52.1 Å². The molecule has 0 spiro atoms. The van der Waals surface area contributed by atoms with Crippen LogP contribution in [0.25, 0.3) is 11.0 Å². The third kappa shape index (κ3) is 2.78. The molecule has 1 heterocycles. The van der Waals surface area contributed by atoms with Gasteiger partial charge in [-0.15, -0.1) is 0 Å². The average molecular weight is 383 g/mol. The van der Waals surface area contributed by atoms with Crippen molar-refractivity contribution in [2.75, 3.05) is 0 Å². The lowest BCUT2D eigenvalue weighted by molar-refractivity contribution is 0.580. The molecular weight excluding hydrogens is 371 g/mol. The smallest absolute Gasteiger partial charge is 0.228 e. The maximum atomic E-state index is 13.3. The molecule has 0 atom stereocenters. The van der Waals surface area contributed by atoms with Gasteiger partial charge in [0.15, 0.2) is 0 Å². The van der Waals surface area contributed by atoms with Gasteiger partial charge >= 0.3 is 0 Å². The lowest BCUT2D eigenvalue weighted by atomic mass is 10.2. The standard InChI is InChI=1S/C15H12BrFN2O2S/c1-19-14-7-6-12(17)8-13(14)18-15(19)22(20,21)9-10-2-4-11(16)5-3-10/h2-8H,9H2,1H3. The maximum absolute atomic E-state index is 13.3. The van der Waals surface area contributed by atoms with E-state index in [9.17, 15) is 12.8 Å². The summed E-state index contributed by atoms with van der Waals surface area (Å²) in [5.41, 5.74) is 1.58. The van der Waals surface area contributed by atoms with E-state index in [2.05, 4.69) is 20.9 Å². The zero-order valence-electron chi connectivity index (χ0n) is 11.6. The zero-order chi connectivity index (χ0) is 15.9. The highest BCUT2D eigenvalue weighted by Crippen LogP contribution is 2.22. The van der Waals surface area contributed by atoms with E-state index in [1.807, 2.05) is 0 Å². The van der Waals surface area contributed by atoms with Gasteiger partial charge in [-0.2, -0.15) is 0 Å². The number of hydrogen-bond acceptors (Lipinski definition) is 3. The van der Waals surface area contributed by atoms with Gasteiger partial charge < -0.3 is 4.57 Å². The fourth-order valence-electron chi connectivity index (χ4n) is 2.29. The van der Waals surface area contributed by atoms with Crippen molar-refractivity contribution < 1.29 is 12.8 Å². The number of imidazole rings is 1. The average Bonchev–Trinajstić information content (AvgIpc) is 2.78. The monoisotopic (exact) mass is 382 g/mol. The molecule has 7 heteroatoms. The van der Waals surface area contributed by atoms with Crippen LogP contribution < -0.4 is 0 Å². The molecule has 0 N–H and O–H groups in total. The molecule has 4 nitrogen and oxygen atoms in total. The first-order valence-corrected chi connectivity index (χ1v) is 8.90. The molecular formula is C15H12BrFN2O2S. The Morgan fingerprint density at radius 1 is 1.18 bits per heavy atom. The Morgan fingerprint density at radius 3 is 2.55 bits per heavy atom. The van der Waals surface area contributed by atoms with Crippen LogP contribution in [0.4, 0.5) is 4.39 Å². The SMILES string of the molecule is Cn1c(S(=O)(=O)Cc2ccc(Br)cc2)nc2cc(F)ccc21. The molecule has 114 valence electrons. The molecule has 0 saturated heterocycles. The predicted molar refractivity (Wildman–Crippen MR) is 85.7 cm³/mol. The topological polar surface area (TPSA) is 52.0 Å². The van der Waals surface area contributed by atoms with E-state index in [-0.39, 0.29) is 10.9 Å². The molecule has 3 aromatic rings. The van der Waals surface area contributed by atoms with Gasteiger partial charge in [-0.05, 0) is 29.8 Å². The highest BCUT2D eigenvalue weighted by Gasteiger charge is 2.22. The summed E-state index contributed by atoms with van der Waals surface area (Å²) in [4.78, 5) is 4.08. The summed E-state index contributed by atoms with van der Waals surface area (Å²) in [6.45, 7) is 0. The Kier molecular flexibility index (Phi) is 3.78. The molecule has 0 aliphatic carbocycles. The highest BCUT2D eigenvalue weighted by molar-refractivity contribution is 9.10. The van der Waals surface area contributed by atoms with Crippen molar-refractivity contribution in [3.63, 3.8) is 0 Å². The number of sulfone groups is 1. The number of aryl methyl sites for hydroxylation is 1. The van der Waals surface area contributed by atoms with Gasteiger partial charge in [-0.3, -0.25) is 0 Å². The summed E-state index contributed by atoms with van der Waals surface area (Å²) >= 11 is 3.31. The Bertz CT molecular complexity index is 950. The van der Waals surface area contributed by atoms with Gasteiger partial charge in [-0.1, -0.05) is 28.1 Å². The Morgan fingerprint density at radius 2 is 1.86 bits per heavy atom. The van der Waals surface area contributed by atoms with Crippen LogP contribution in [0.3, 0.4) is 0 Å². The van der Waals surface area contributed by atoms with Crippen molar-refractivity contribution in [1.82, 2.24) is 9.55 Å². The van der Waals surface area contributed by atoms with Crippen LogP contribution in [0.2, 0.25) is 0 Å². The van der Waals surface area contributed by atoms with Crippen molar-refractivity contribution in [3.05, 3.63) is 58.3 Å². The van der Waals surface area contributed by atoms with E-state index < -0.39 is 15.7 Å². The maximum Gasteiger partial charge on any atom is 0.228 e. The van der Waals surface area contributed by atoms with Crippen molar-refractivity contribution in [1.29, 1.82) is 0 Å². The molecule has 3 rings (SSSR count). The zero-order valence-corrected chi connectivity index (χ0v) is 14.0. The fraction of sp³-hybridized carbons (Fsp3) is 0.133. The molecule has 0 bridgehead atoms. The molecule has 0 unspecified atom stereocenters. The van der Waals surface area contributed by atoms with E-state index in [0.29, 0.717) is 16.6 Å². The van der Waals surface area contributed by atoms with E-state index in [1.54, 1.807) is 31.3 Å². The summed E-state index contributed by atoms with van der Waals surface area (Å²) in [7, 11) is -2.00.